The van der Waals surface area contributed by atoms with Crippen LogP contribution in [0.5, 0.6) is 0 Å². The van der Waals surface area contributed by atoms with Crippen molar-refractivity contribution in [3.05, 3.63) is 11.4 Å². The Morgan fingerprint density at radius 3 is 1.75 bits per heavy atom. The standard InChI is InChI=1S/C8H10F6N2/c1-3-16-4-15(2)5(7(9,10)11)6(16)8(12,13)14/h3-4H2,1-2H3. The zero-order valence-electron chi connectivity index (χ0n) is 8.58. The quantitative estimate of drug-likeness (QED) is 0.658. The Morgan fingerprint density at radius 2 is 1.44 bits per heavy atom. The van der Waals surface area contributed by atoms with Crippen molar-refractivity contribution >= 4 is 0 Å². The summed E-state index contributed by atoms with van der Waals surface area (Å²) in [6.07, 6.45) is -9.99. The first-order valence-electron chi connectivity index (χ1n) is 4.43. The summed E-state index contributed by atoms with van der Waals surface area (Å²) in [6.45, 7) is 0.845. The lowest BCUT2D eigenvalue weighted by Crippen LogP contribution is -2.30. The van der Waals surface area contributed by atoms with Gasteiger partial charge < -0.3 is 9.80 Å². The molecule has 0 bridgehead atoms. The van der Waals surface area contributed by atoms with Crippen LogP contribution in [0.2, 0.25) is 0 Å². The second-order valence-corrected chi connectivity index (χ2v) is 3.39. The number of nitrogens with zero attached hydrogens (tertiary/aromatic N) is 2. The first kappa shape index (κ1) is 13.0. The molecule has 0 aromatic heterocycles. The summed E-state index contributed by atoms with van der Waals surface area (Å²) >= 11 is 0. The first-order chi connectivity index (χ1) is 7.09. The average Bonchev–Trinajstić information content (AvgIpc) is 2.40. The van der Waals surface area contributed by atoms with E-state index in [1.165, 1.54) is 6.92 Å². The summed E-state index contributed by atoms with van der Waals surface area (Å²) in [6, 6.07) is 0. The van der Waals surface area contributed by atoms with E-state index in [-0.39, 0.29) is 6.54 Å². The molecule has 1 heterocycles. The fourth-order valence-electron chi connectivity index (χ4n) is 1.65. The van der Waals surface area contributed by atoms with Crippen molar-refractivity contribution in [1.29, 1.82) is 0 Å². The van der Waals surface area contributed by atoms with E-state index in [4.69, 9.17) is 0 Å². The number of rotatable bonds is 1. The van der Waals surface area contributed by atoms with Crippen molar-refractivity contribution in [2.24, 2.45) is 0 Å². The Bertz CT molecular complexity index is 303. The van der Waals surface area contributed by atoms with Gasteiger partial charge in [-0.15, -0.1) is 0 Å². The van der Waals surface area contributed by atoms with Gasteiger partial charge in [0, 0.05) is 13.6 Å². The Balaban J connectivity index is 3.30. The van der Waals surface area contributed by atoms with Crippen LogP contribution in [0.1, 0.15) is 6.92 Å². The van der Waals surface area contributed by atoms with E-state index in [9.17, 15) is 26.3 Å². The third kappa shape index (κ3) is 2.19. The normalized spacial score (nSPS) is 18.8. The molecule has 0 saturated carbocycles. The number of allylic oxidation sites excluding steroid dienone is 2. The lowest BCUT2D eigenvalue weighted by atomic mass is 10.3. The van der Waals surface area contributed by atoms with Crippen molar-refractivity contribution in [3.8, 4) is 0 Å². The van der Waals surface area contributed by atoms with E-state index in [2.05, 4.69) is 0 Å². The average molecular weight is 248 g/mol. The lowest BCUT2D eigenvalue weighted by Gasteiger charge is -2.21. The highest BCUT2D eigenvalue weighted by atomic mass is 19.4. The van der Waals surface area contributed by atoms with Gasteiger partial charge in [-0.05, 0) is 6.92 Å². The van der Waals surface area contributed by atoms with E-state index in [0.29, 0.717) is 9.80 Å². The Kier molecular flexibility index (Phi) is 3.04. The molecule has 0 aliphatic carbocycles. The van der Waals surface area contributed by atoms with Crippen molar-refractivity contribution in [3.63, 3.8) is 0 Å². The summed E-state index contributed by atoms with van der Waals surface area (Å²) in [5, 5.41) is 0. The van der Waals surface area contributed by atoms with Gasteiger partial charge in [-0.3, -0.25) is 0 Å². The van der Waals surface area contributed by atoms with Gasteiger partial charge in [0.05, 0.1) is 6.67 Å². The van der Waals surface area contributed by atoms with Crippen LogP contribution in [-0.4, -0.2) is 42.4 Å². The summed E-state index contributed by atoms with van der Waals surface area (Å²) in [7, 11) is 0.990. The Hall–Kier alpha value is -1.08. The molecule has 1 rings (SSSR count). The molecule has 2 nitrogen and oxygen atoms in total. The molecule has 16 heavy (non-hydrogen) atoms. The molecule has 0 aromatic rings. The van der Waals surface area contributed by atoms with Gasteiger partial charge in [0.1, 0.15) is 11.4 Å². The second kappa shape index (κ2) is 3.74. The van der Waals surface area contributed by atoms with Gasteiger partial charge in [0.25, 0.3) is 0 Å². The minimum Gasteiger partial charge on any atom is -0.351 e. The van der Waals surface area contributed by atoms with Crippen LogP contribution in [0.15, 0.2) is 11.4 Å². The minimum atomic E-state index is -5.00. The van der Waals surface area contributed by atoms with Crippen LogP contribution in [0.3, 0.4) is 0 Å². The molecule has 0 fully saturated rings. The van der Waals surface area contributed by atoms with Crippen molar-refractivity contribution < 1.29 is 26.3 Å². The Labute approximate surface area is 88.1 Å². The van der Waals surface area contributed by atoms with Crippen molar-refractivity contribution in [2.75, 3.05) is 20.3 Å². The Morgan fingerprint density at radius 1 is 1.00 bits per heavy atom. The zero-order chi connectivity index (χ0) is 12.7. The van der Waals surface area contributed by atoms with Gasteiger partial charge in [-0.1, -0.05) is 0 Å². The summed E-state index contributed by atoms with van der Waals surface area (Å²) in [5.74, 6) is 0. The predicted molar refractivity (Wildman–Crippen MR) is 44.1 cm³/mol. The number of hydrogen-bond donors (Lipinski definition) is 0. The molecule has 0 spiro atoms. The highest BCUT2D eigenvalue weighted by molar-refractivity contribution is 5.25. The van der Waals surface area contributed by atoms with E-state index < -0.39 is 30.4 Å². The SMILES string of the molecule is CCN1CN(C)C(C(F)(F)F)=C1C(F)(F)F. The van der Waals surface area contributed by atoms with E-state index in [1.54, 1.807) is 0 Å². The van der Waals surface area contributed by atoms with Gasteiger partial charge in [0.2, 0.25) is 0 Å². The predicted octanol–water partition coefficient (Wildman–Crippen LogP) is 2.55. The van der Waals surface area contributed by atoms with Gasteiger partial charge in [-0.25, -0.2) is 0 Å². The molecule has 1 aliphatic heterocycles. The molecule has 0 saturated heterocycles. The third-order valence-corrected chi connectivity index (χ3v) is 2.22. The van der Waals surface area contributed by atoms with Crippen LogP contribution in [0.4, 0.5) is 26.3 Å². The molecule has 0 atom stereocenters. The molecule has 94 valence electrons. The van der Waals surface area contributed by atoms with Crippen LogP contribution < -0.4 is 0 Å². The van der Waals surface area contributed by atoms with Crippen LogP contribution in [-0.2, 0) is 0 Å². The summed E-state index contributed by atoms with van der Waals surface area (Å²) in [4.78, 5) is 1.22. The maximum Gasteiger partial charge on any atom is 0.433 e. The van der Waals surface area contributed by atoms with E-state index >= 15 is 0 Å². The highest BCUT2D eigenvalue weighted by Crippen LogP contribution is 2.42. The molecular weight excluding hydrogens is 238 g/mol. The molecule has 0 N–H and O–H groups in total. The van der Waals surface area contributed by atoms with E-state index in [0.717, 1.165) is 7.05 Å². The van der Waals surface area contributed by atoms with Gasteiger partial charge in [-0.2, -0.15) is 26.3 Å². The summed E-state index contributed by atoms with van der Waals surface area (Å²) in [5.41, 5.74) is -3.23. The minimum absolute atomic E-state index is 0.126. The zero-order valence-corrected chi connectivity index (χ0v) is 8.58. The first-order valence-corrected chi connectivity index (χ1v) is 4.43. The molecule has 1 aliphatic rings. The van der Waals surface area contributed by atoms with Crippen molar-refractivity contribution in [2.45, 2.75) is 19.3 Å². The smallest absolute Gasteiger partial charge is 0.351 e. The molecule has 0 amide bonds. The third-order valence-electron chi connectivity index (χ3n) is 2.22. The lowest BCUT2D eigenvalue weighted by molar-refractivity contribution is -0.128. The largest absolute Gasteiger partial charge is 0.433 e. The number of halogens is 6. The van der Waals surface area contributed by atoms with Crippen LogP contribution in [0, 0.1) is 0 Å². The number of hydrogen-bond acceptors (Lipinski definition) is 2. The van der Waals surface area contributed by atoms with Crippen LogP contribution in [0.25, 0.3) is 0 Å². The second-order valence-electron chi connectivity index (χ2n) is 3.39. The molecule has 0 unspecified atom stereocenters. The number of alkyl halides is 6. The molecular formula is C8H10F6N2. The molecule has 0 aromatic carbocycles. The topological polar surface area (TPSA) is 6.48 Å². The summed E-state index contributed by atoms with van der Waals surface area (Å²) < 4.78 is 75.0. The highest BCUT2D eigenvalue weighted by Gasteiger charge is 2.53. The van der Waals surface area contributed by atoms with Crippen LogP contribution >= 0.6 is 0 Å². The van der Waals surface area contributed by atoms with Gasteiger partial charge in [0.15, 0.2) is 0 Å². The van der Waals surface area contributed by atoms with E-state index in [1.807, 2.05) is 0 Å². The monoisotopic (exact) mass is 248 g/mol. The van der Waals surface area contributed by atoms with Crippen molar-refractivity contribution in [1.82, 2.24) is 9.80 Å². The maximum atomic E-state index is 12.5. The maximum absolute atomic E-state index is 12.5. The fraction of sp³-hybridized carbons (Fsp3) is 0.750. The molecule has 8 heteroatoms. The molecule has 0 radical (unpaired) electrons. The van der Waals surface area contributed by atoms with Gasteiger partial charge >= 0.3 is 12.4 Å². The fourth-order valence-corrected chi connectivity index (χ4v) is 1.65.